The molecular formula is C32H12F8N2O2. The third-order valence-corrected chi connectivity index (χ3v) is 7.57. The largest absolute Gasteiger partial charge is 0.419 e. The minimum Gasteiger partial charge on any atom is -0.287 e. The Morgan fingerprint density at radius 2 is 0.773 bits per heavy atom. The van der Waals surface area contributed by atoms with Gasteiger partial charge in [0.1, 0.15) is 33.7 Å². The summed E-state index contributed by atoms with van der Waals surface area (Å²) in [4.78, 5) is 35.6. The second kappa shape index (κ2) is 9.12. The summed E-state index contributed by atoms with van der Waals surface area (Å²) in [5, 5.41) is 0.744. The van der Waals surface area contributed by atoms with E-state index in [0.717, 1.165) is 12.1 Å². The molecule has 6 aromatic carbocycles. The first-order chi connectivity index (χ1) is 20.7. The molecule has 0 atom stereocenters. The number of aromatic nitrogens is 2. The van der Waals surface area contributed by atoms with Crippen LogP contribution >= 0.6 is 0 Å². The molecule has 44 heavy (non-hydrogen) atoms. The van der Waals surface area contributed by atoms with Crippen LogP contribution in [0, 0.1) is 11.6 Å². The molecular weight excluding hydrogens is 596 g/mol. The lowest BCUT2D eigenvalue weighted by Gasteiger charge is -2.10. The fraction of sp³-hybridized carbons (Fsp3) is 0.0625. The number of benzene rings is 4. The molecule has 0 unspecified atom stereocenters. The predicted octanol–water partition coefficient (Wildman–Crippen LogP) is 8.34. The van der Waals surface area contributed by atoms with Gasteiger partial charge in [0.15, 0.2) is 0 Å². The average Bonchev–Trinajstić information content (AvgIpc) is 3.41. The fourth-order valence-electron chi connectivity index (χ4n) is 5.46. The van der Waals surface area contributed by atoms with Gasteiger partial charge in [-0.15, -0.1) is 0 Å². The molecule has 7 rings (SSSR count). The molecule has 0 fully saturated rings. The van der Waals surface area contributed by atoms with Crippen LogP contribution in [0.1, 0.15) is 11.1 Å². The highest BCUT2D eigenvalue weighted by Crippen LogP contribution is 2.37. The van der Waals surface area contributed by atoms with Crippen molar-refractivity contribution in [3.8, 4) is 22.3 Å². The summed E-state index contributed by atoms with van der Waals surface area (Å²) in [6.45, 7) is 0. The normalized spacial score (nSPS) is 12.7. The van der Waals surface area contributed by atoms with E-state index in [1.807, 2.05) is 0 Å². The summed E-state index contributed by atoms with van der Waals surface area (Å²) in [5.74, 6) is -2.87. The zero-order chi connectivity index (χ0) is 31.3. The third-order valence-electron chi connectivity index (χ3n) is 7.57. The lowest BCUT2D eigenvalue weighted by molar-refractivity contribution is -0.140. The first-order valence-corrected chi connectivity index (χ1v) is 12.8. The van der Waals surface area contributed by atoms with Crippen molar-refractivity contribution in [2.45, 2.75) is 12.4 Å². The van der Waals surface area contributed by atoms with Crippen molar-refractivity contribution in [2.75, 3.05) is 0 Å². The number of nitrogens with zero attached hydrogens (tertiary/aromatic N) is 2. The summed E-state index contributed by atoms with van der Waals surface area (Å²) in [6.07, 6.45) is -9.85. The van der Waals surface area contributed by atoms with Gasteiger partial charge in [-0.05, 0) is 58.7 Å². The molecule has 7 aromatic rings. The maximum absolute atomic E-state index is 13.8. The average molecular weight is 608 g/mol. The van der Waals surface area contributed by atoms with E-state index in [2.05, 4.69) is 9.97 Å². The van der Waals surface area contributed by atoms with E-state index < -0.39 is 46.0 Å². The summed E-state index contributed by atoms with van der Waals surface area (Å²) < 4.78 is 107. The van der Waals surface area contributed by atoms with Crippen LogP contribution in [0.25, 0.3) is 65.9 Å². The van der Waals surface area contributed by atoms with E-state index in [-0.39, 0.29) is 65.9 Å². The maximum Gasteiger partial charge on any atom is 0.419 e. The van der Waals surface area contributed by atoms with E-state index in [9.17, 15) is 44.7 Å². The van der Waals surface area contributed by atoms with Crippen molar-refractivity contribution in [1.29, 1.82) is 0 Å². The fourth-order valence-corrected chi connectivity index (χ4v) is 5.46. The van der Waals surface area contributed by atoms with Crippen LogP contribution in [0.2, 0.25) is 0 Å². The number of hydrogen-bond donors (Lipinski definition) is 0. The van der Waals surface area contributed by atoms with Crippen molar-refractivity contribution >= 4 is 43.6 Å². The minimum atomic E-state index is -4.92. The molecule has 4 nitrogen and oxygen atoms in total. The number of halogens is 8. The third kappa shape index (κ3) is 4.12. The van der Waals surface area contributed by atoms with Crippen LogP contribution < -0.4 is 10.9 Å². The van der Waals surface area contributed by atoms with E-state index in [0.29, 0.717) is 24.3 Å². The van der Waals surface area contributed by atoms with E-state index in [1.165, 1.54) is 36.4 Å². The van der Waals surface area contributed by atoms with Crippen LogP contribution in [-0.2, 0) is 12.4 Å². The Labute approximate surface area is 239 Å². The predicted molar refractivity (Wildman–Crippen MR) is 148 cm³/mol. The van der Waals surface area contributed by atoms with Crippen molar-refractivity contribution in [1.82, 2.24) is 9.97 Å². The zero-order valence-electron chi connectivity index (χ0n) is 21.7. The molecule has 0 N–H and O–H groups in total. The maximum atomic E-state index is 13.8. The summed E-state index contributed by atoms with van der Waals surface area (Å²) in [7, 11) is 0. The van der Waals surface area contributed by atoms with Gasteiger partial charge in [0.05, 0.1) is 11.1 Å². The van der Waals surface area contributed by atoms with Gasteiger partial charge in [0.25, 0.3) is 0 Å². The monoisotopic (exact) mass is 608 g/mol. The van der Waals surface area contributed by atoms with E-state index >= 15 is 0 Å². The van der Waals surface area contributed by atoms with Crippen molar-refractivity contribution in [3.63, 3.8) is 0 Å². The Bertz CT molecular complexity index is 2270. The number of alkyl halides is 6. The number of fused-ring (bicyclic) bond motifs is 6. The highest BCUT2D eigenvalue weighted by atomic mass is 19.4. The SMILES string of the molecule is O=c1c2cc(-c3ccc(F)c(C(F)(F)F)c3)ccc2c2nc3c(=O)c4cc(-c5ccc(F)c(C(F)(F)F)c5)ccc4c3nc12. The summed E-state index contributed by atoms with van der Waals surface area (Å²) >= 11 is 0. The van der Waals surface area contributed by atoms with Crippen molar-refractivity contribution in [3.05, 3.63) is 116 Å². The van der Waals surface area contributed by atoms with Gasteiger partial charge in [-0.25, -0.2) is 18.7 Å². The first-order valence-electron chi connectivity index (χ1n) is 12.8. The topological polar surface area (TPSA) is 59.9 Å². The standard InChI is InChI=1S/C32H12F8N2O2/c33-23-7-3-15(11-21(23)31(35,36)37)13-1-5-17-19(9-13)29(43)27-25(17)41-28-26(42-27)18-6-2-14(10-20(18)30(28)44)16-4-8-24(34)22(12-16)32(38,39)40/h1-12H. The molecule has 0 radical (unpaired) electrons. The van der Waals surface area contributed by atoms with Gasteiger partial charge in [-0.3, -0.25) is 9.59 Å². The molecule has 0 aliphatic rings. The zero-order valence-corrected chi connectivity index (χ0v) is 21.7. The number of hydrogen-bond acceptors (Lipinski definition) is 4. The molecule has 0 spiro atoms. The smallest absolute Gasteiger partial charge is 0.287 e. The van der Waals surface area contributed by atoms with E-state index in [4.69, 9.17) is 0 Å². The van der Waals surface area contributed by atoms with Crippen LogP contribution in [0.15, 0.2) is 82.4 Å². The summed E-state index contributed by atoms with van der Waals surface area (Å²) in [6, 6.07) is 13.4. The molecule has 1 heterocycles. The molecule has 1 aromatic heterocycles. The van der Waals surface area contributed by atoms with Gasteiger partial charge >= 0.3 is 12.4 Å². The quantitative estimate of drug-likeness (QED) is 0.185. The number of rotatable bonds is 2. The minimum absolute atomic E-state index is 0.0251. The summed E-state index contributed by atoms with van der Waals surface area (Å²) in [5.41, 5.74) is -3.63. The van der Waals surface area contributed by atoms with Crippen molar-refractivity contribution in [2.24, 2.45) is 0 Å². The highest BCUT2D eigenvalue weighted by Gasteiger charge is 2.35. The van der Waals surface area contributed by atoms with Crippen LogP contribution in [0.3, 0.4) is 0 Å². The van der Waals surface area contributed by atoms with E-state index in [1.54, 1.807) is 0 Å². The van der Waals surface area contributed by atoms with Gasteiger partial charge in [-0.1, -0.05) is 36.4 Å². The van der Waals surface area contributed by atoms with Crippen molar-refractivity contribution < 1.29 is 35.1 Å². The van der Waals surface area contributed by atoms with Gasteiger partial charge in [-0.2, -0.15) is 26.3 Å². The Morgan fingerprint density at radius 3 is 1.14 bits per heavy atom. The Balaban J connectivity index is 1.38. The lowest BCUT2D eigenvalue weighted by Crippen LogP contribution is -2.08. The molecule has 0 aliphatic carbocycles. The van der Waals surface area contributed by atoms with Crippen LogP contribution in [-0.4, -0.2) is 9.97 Å². The Hall–Kier alpha value is -5.26. The molecule has 0 bridgehead atoms. The molecule has 0 saturated carbocycles. The first kappa shape index (κ1) is 27.6. The van der Waals surface area contributed by atoms with Gasteiger partial charge in [0, 0.05) is 21.5 Å². The second-order valence-electron chi connectivity index (χ2n) is 10.2. The van der Waals surface area contributed by atoms with Gasteiger partial charge in [0.2, 0.25) is 10.9 Å². The lowest BCUT2D eigenvalue weighted by atomic mass is 10.0. The molecule has 0 saturated heterocycles. The Kier molecular flexibility index (Phi) is 5.71. The van der Waals surface area contributed by atoms with Gasteiger partial charge < -0.3 is 0 Å². The van der Waals surface area contributed by atoms with Crippen LogP contribution in [0.5, 0.6) is 0 Å². The Morgan fingerprint density at radius 1 is 0.432 bits per heavy atom. The molecule has 0 aliphatic heterocycles. The second-order valence-corrected chi connectivity index (χ2v) is 10.2. The van der Waals surface area contributed by atoms with Crippen LogP contribution in [0.4, 0.5) is 35.1 Å². The molecule has 218 valence electrons. The highest BCUT2D eigenvalue weighted by molar-refractivity contribution is 6.15. The molecule has 12 heteroatoms. The molecule has 0 amide bonds.